The second-order valence-corrected chi connectivity index (χ2v) is 19.3. The zero-order valence-electron chi connectivity index (χ0n) is 31.6. The molecule has 3 aliphatic carbocycles. The van der Waals surface area contributed by atoms with Gasteiger partial charge in [-0.3, -0.25) is 19.2 Å². The number of benzene rings is 3. The molecular weight excluding hydrogens is 928 g/mol. The van der Waals surface area contributed by atoms with E-state index >= 15 is 0 Å². The maximum absolute atomic E-state index is 12.4. The van der Waals surface area contributed by atoms with Crippen LogP contribution >= 0.6 is 47.8 Å². The van der Waals surface area contributed by atoms with Crippen molar-refractivity contribution in [2.75, 3.05) is 19.8 Å². The monoisotopic (exact) mass is 970 g/mol. The number of aromatic hydroxyl groups is 1. The molecule has 1 N–H and O–H groups in total. The molecule has 302 valence electrons. The summed E-state index contributed by atoms with van der Waals surface area (Å²) in [6, 6.07) is 16.1. The third kappa shape index (κ3) is 8.57. The van der Waals surface area contributed by atoms with Crippen LogP contribution in [0, 0.1) is 17.8 Å². The summed E-state index contributed by atoms with van der Waals surface area (Å²) < 4.78 is 32.0. The van der Waals surface area contributed by atoms with Crippen molar-refractivity contribution in [2.24, 2.45) is 17.8 Å². The van der Waals surface area contributed by atoms with Crippen molar-refractivity contribution < 1.29 is 48.0 Å². The molecule has 3 aromatic carbocycles. The Morgan fingerprint density at radius 2 is 1.16 bits per heavy atom. The molecule has 8 atom stereocenters. The van der Waals surface area contributed by atoms with Crippen LogP contribution in [0.5, 0.6) is 17.2 Å². The molecule has 13 heteroatoms. The van der Waals surface area contributed by atoms with E-state index in [0.717, 1.165) is 83.3 Å². The molecule has 0 aromatic heterocycles. The van der Waals surface area contributed by atoms with Gasteiger partial charge < -0.3 is 28.8 Å². The summed E-state index contributed by atoms with van der Waals surface area (Å²) in [5, 5.41) is 9.16. The minimum absolute atomic E-state index is 0.000000000000000222. The van der Waals surface area contributed by atoms with Crippen LogP contribution < -0.4 is 9.47 Å². The Bertz CT molecular complexity index is 1970. The van der Waals surface area contributed by atoms with E-state index in [4.69, 9.17) is 28.8 Å². The molecule has 8 fully saturated rings. The molecule has 10 aliphatic rings. The lowest BCUT2D eigenvalue weighted by Gasteiger charge is -2.52. The number of phenols is 1. The van der Waals surface area contributed by atoms with E-state index in [-0.39, 0.29) is 41.4 Å². The van der Waals surface area contributed by atoms with Crippen LogP contribution in [-0.4, -0.2) is 77.6 Å². The Morgan fingerprint density at radius 1 is 0.667 bits per heavy atom. The molecule has 6 bridgehead atoms. The minimum atomic E-state index is -0.404. The van der Waals surface area contributed by atoms with Crippen molar-refractivity contribution in [3.05, 3.63) is 84.7 Å². The lowest BCUT2D eigenvalue weighted by Crippen LogP contribution is -2.60. The second-order valence-electron chi connectivity index (χ2n) is 16.6. The topological polar surface area (TPSA) is 135 Å². The van der Waals surface area contributed by atoms with Crippen LogP contribution in [0.25, 0.3) is 0 Å². The first kappa shape index (κ1) is 40.8. The van der Waals surface area contributed by atoms with E-state index in [9.17, 15) is 19.2 Å². The molecule has 3 saturated carbocycles. The van der Waals surface area contributed by atoms with Crippen molar-refractivity contribution in [3.63, 3.8) is 0 Å². The van der Waals surface area contributed by atoms with Crippen LogP contribution in [-0.2, 0) is 19.0 Å². The summed E-state index contributed by atoms with van der Waals surface area (Å²) in [6.07, 6.45) is 9.22. The molecular formula is C44H45Br3O10. The highest BCUT2D eigenvalue weighted by Crippen LogP contribution is 2.50. The van der Waals surface area contributed by atoms with Gasteiger partial charge in [-0.15, -0.1) is 0 Å². The van der Waals surface area contributed by atoms with E-state index in [0.29, 0.717) is 53.1 Å². The fourth-order valence-corrected chi connectivity index (χ4v) is 10.8. The van der Waals surface area contributed by atoms with Crippen LogP contribution in [0.1, 0.15) is 102 Å². The normalized spacial score (nSPS) is 32.1. The molecule has 7 heterocycles. The fraction of sp³-hybridized carbons (Fsp3) is 0.500. The fourth-order valence-electron chi connectivity index (χ4n) is 9.72. The first-order valence-electron chi connectivity index (χ1n) is 19.7. The van der Waals surface area contributed by atoms with Crippen LogP contribution in [0.15, 0.2) is 68.0 Å². The standard InChI is InChI=1S/2C15H15BrO3.C8H7BrO2.C6H8O2/c2*16-10-2-3-13-11(5-10)12(17)7-15(19-13)6-9-1-4-14(15)18-8-9;1-5(10)7-4-6(9)2-3-8(7)11;7-5-1-4-2-6(5)8-3-4/h2*2-3,5,9,14H,1,4,6-8H2;2-4,11H,1H3;4,6H,1-3H2. The summed E-state index contributed by atoms with van der Waals surface area (Å²) in [6.45, 7) is 3.91. The van der Waals surface area contributed by atoms with Crippen LogP contribution in [0.3, 0.4) is 0 Å². The number of carbonyl (C=O) groups is 4. The third-order valence-electron chi connectivity index (χ3n) is 12.5. The quantitative estimate of drug-likeness (QED) is 0.235. The average molecular weight is 974 g/mol. The summed E-state index contributed by atoms with van der Waals surface area (Å²) in [4.78, 5) is 46.4. The van der Waals surface area contributed by atoms with Crippen molar-refractivity contribution in [1.82, 2.24) is 0 Å². The number of hydrogen-bond donors (Lipinski definition) is 1. The van der Waals surface area contributed by atoms with E-state index in [2.05, 4.69) is 47.8 Å². The van der Waals surface area contributed by atoms with E-state index < -0.39 is 11.2 Å². The van der Waals surface area contributed by atoms with Crippen LogP contribution in [0.2, 0.25) is 0 Å². The van der Waals surface area contributed by atoms with Gasteiger partial charge >= 0.3 is 0 Å². The van der Waals surface area contributed by atoms with E-state index in [1.165, 1.54) is 25.8 Å². The molecule has 8 unspecified atom stereocenters. The van der Waals surface area contributed by atoms with E-state index in [1.54, 1.807) is 12.1 Å². The third-order valence-corrected chi connectivity index (χ3v) is 14.0. The lowest BCUT2D eigenvalue weighted by molar-refractivity contribution is -0.183. The van der Waals surface area contributed by atoms with Gasteiger partial charge in [0.2, 0.25) is 0 Å². The highest BCUT2D eigenvalue weighted by molar-refractivity contribution is 9.11. The number of fused-ring (bicyclic) bond motifs is 8. The molecule has 2 spiro atoms. The maximum atomic E-state index is 12.4. The van der Waals surface area contributed by atoms with Gasteiger partial charge in [-0.1, -0.05) is 47.8 Å². The Kier molecular flexibility index (Phi) is 11.9. The summed E-state index contributed by atoms with van der Waals surface area (Å²) >= 11 is 10.0. The predicted molar refractivity (Wildman–Crippen MR) is 220 cm³/mol. The molecule has 0 radical (unpaired) electrons. The highest BCUT2D eigenvalue weighted by Gasteiger charge is 2.55. The van der Waals surface area contributed by atoms with Gasteiger partial charge in [-0.25, -0.2) is 0 Å². The maximum Gasteiger partial charge on any atom is 0.170 e. The van der Waals surface area contributed by atoms with Gasteiger partial charge in [0.05, 0.1) is 61.6 Å². The number of ketones is 4. The number of rotatable bonds is 1. The number of phenolic OH excluding ortho intramolecular Hbond substituents is 1. The number of Topliss-reactive ketones (excluding diaryl/α,β-unsaturated/α-hetero) is 4. The molecule has 57 heavy (non-hydrogen) atoms. The Hall–Kier alpha value is -2.94. The van der Waals surface area contributed by atoms with Crippen molar-refractivity contribution in [2.45, 2.75) is 101 Å². The first-order chi connectivity index (χ1) is 27.3. The molecule has 0 amide bonds. The number of carbonyl (C=O) groups excluding carboxylic acids is 4. The lowest BCUT2D eigenvalue weighted by atomic mass is 9.70. The predicted octanol–water partition coefficient (Wildman–Crippen LogP) is 9.43. The summed E-state index contributed by atoms with van der Waals surface area (Å²) in [5.41, 5.74) is 0.931. The van der Waals surface area contributed by atoms with Crippen molar-refractivity contribution >= 4 is 70.9 Å². The minimum Gasteiger partial charge on any atom is -0.507 e. The average Bonchev–Trinajstić information content (AvgIpc) is 3.81. The van der Waals surface area contributed by atoms with E-state index in [1.807, 2.05) is 36.4 Å². The Morgan fingerprint density at radius 3 is 1.51 bits per heavy atom. The number of hydrogen-bond acceptors (Lipinski definition) is 10. The van der Waals surface area contributed by atoms with Crippen LogP contribution in [0.4, 0.5) is 0 Å². The zero-order valence-corrected chi connectivity index (χ0v) is 36.4. The number of ether oxygens (including phenoxy) is 5. The number of halogens is 3. The van der Waals surface area contributed by atoms with Gasteiger partial charge in [-0.2, -0.15) is 0 Å². The second kappa shape index (κ2) is 16.6. The molecule has 5 saturated heterocycles. The highest BCUT2D eigenvalue weighted by atomic mass is 79.9. The SMILES string of the molecule is CC(=O)c1cc(Br)ccc1O.O=C1CC2(CC3CCC2OC3)Oc2ccc(Br)cc21.O=C1CC2(CC3CCC2OC3)Oc2ccc(Br)cc21.O=C1CC2COC1C2. The largest absolute Gasteiger partial charge is 0.507 e. The molecule has 7 aliphatic heterocycles. The first-order valence-corrected chi connectivity index (χ1v) is 22.1. The zero-order chi connectivity index (χ0) is 40.1. The van der Waals surface area contributed by atoms with Gasteiger partial charge in [0, 0.05) is 19.8 Å². The smallest absolute Gasteiger partial charge is 0.170 e. The molecule has 13 rings (SSSR count). The summed E-state index contributed by atoms with van der Waals surface area (Å²) in [5.74, 6) is 3.69. The van der Waals surface area contributed by atoms with Gasteiger partial charge in [0.1, 0.15) is 34.6 Å². The Labute approximate surface area is 357 Å². The van der Waals surface area contributed by atoms with Crippen molar-refractivity contribution in [3.8, 4) is 17.2 Å². The molecule has 3 aromatic rings. The van der Waals surface area contributed by atoms with Gasteiger partial charge in [-0.05, 0) is 124 Å². The molecule has 10 nitrogen and oxygen atoms in total. The van der Waals surface area contributed by atoms with Gasteiger partial charge in [0.25, 0.3) is 0 Å². The van der Waals surface area contributed by atoms with Crippen molar-refractivity contribution in [1.29, 1.82) is 0 Å². The Balaban J connectivity index is 0.000000112. The van der Waals surface area contributed by atoms with Gasteiger partial charge in [0.15, 0.2) is 23.1 Å². The summed E-state index contributed by atoms with van der Waals surface area (Å²) in [7, 11) is 0.